The lowest BCUT2D eigenvalue weighted by atomic mass is 10.1. The molecule has 1 amide bonds. The van der Waals surface area contributed by atoms with Crippen LogP contribution in [0.15, 0.2) is 21.1 Å². The normalized spacial score (nSPS) is 11.3. The highest BCUT2D eigenvalue weighted by Crippen LogP contribution is 2.31. The maximum Gasteiger partial charge on any atom is 0.387 e. The molecule has 0 aliphatic heterocycles. The molecule has 25 heavy (non-hydrogen) atoms. The number of rotatable bonds is 5. The van der Waals surface area contributed by atoms with Gasteiger partial charge in [-0.1, -0.05) is 12.1 Å². The topological polar surface area (TPSA) is 90.4 Å². The van der Waals surface area contributed by atoms with Gasteiger partial charge in [-0.3, -0.25) is 4.79 Å². The molecule has 9 heteroatoms. The molecule has 0 radical (unpaired) electrons. The summed E-state index contributed by atoms with van der Waals surface area (Å²) >= 11 is 0. The first-order valence-corrected chi connectivity index (χ1v) is 7.52. The molecule has 0 unspecified atom stereocenters. The number of hydrogen-bond donors (Lipinski definition) is 1. The smallest absolute Gasteiger partial charge is 0.387 e. The number of nitrogens with one attached hydrogen (secondary N) is 1. The second-order valence-corrected chi connectivity index (χ2v) is 5.28. The zero-order valence-electron chi connectivity index (χ0n) is 13.7. The second kappa shape index (κ2) is 6.50. The molecule has 132 valence electrons. The third-order valence-corrected chi connectivity index (χ3v) is 3.59. The van der Waals surface area contributed by atoms with E-state index in [-0.39, 0.29) is 22.4 Å². The minimum atomic E-state index is -3.01. The van der Waals surface area contributed by atoms with Crippen molar-refractivity contribution in [2.45, 2.75) is 33.8 Å². The van der Waals surface area contributed by atoms with Crippen LogP contribution in [0.4, 0.5) is 14.5 Å². The molecule has 1 N–H and O–H groups in total. The van der Waals surface area contributed by atoms with Crippen LogP contribution in [-0.4, -0.2) is 22.7 Å². The Morgan fingerprint density at radius 1 is 1.36 bits per heavy atom. The standard InChI is InChI=1S/C16H15F2N3O4/c1-4-11-19-13-10(23-16(17)18)6-5-9(14(13)24-11)15(22)20-12-7(2)21-25-8(12)3/h5-6,16H,4H2,1-3H3,(H,20,22). The van der Waals surface area contributed by atoms with Crippen LogP contribution in [0.5, 0.6) is 5.75 Å². The third-order valence-electron chi connectivity index (χ3n) is 3.59. The maximum absolute atomic E-state index is 12.6. The van der Waals surface area contributed by atoms with E-state index in [4.69, 9.17) is 8.94 Å². The van der Waals surface area contributed by atoms with Crippen molar-refractivity contribution in [1.82, 2.24) is 10.1 Å². The van der Waals surface area contributed by atoms with Gasteiger partial charge in [-0.15, -0.1) is 0 Å². The molecule has 2 aromatic heterocycles. The van der Waals surface area contributed by atoms with Crippen molar-refractivity contribution in [1.29, 1.82) is 0 Å². The minimum absolute atomic E-state index is 0.0727. The molecule has 0 spiro atoms. The number of carbonyl (C=O) groups is 1. The molecular weight excluding hydrogens is 336 g/mol. The van der Waals surface area contributed by atoms with E-state index in [1.165, 1.54) is 12.1 Å². The van der Waals surface area contributed by atoms with Gasteiger partial charge in [0.15, 0.2) is 28.5 Å². The number of anilines is 1. The maximum atomic E-state index is 12.6. The summed E-state index contributed by atoms with van der Waals surface area (Å²) in [5.41, 5.74) is 1.26. The zero-order valence-corrected chi connectivity index (χ0v) is 13.7. The number of benzene rings is 1. The van der Waals surface area contributed by atoms with E-state index in [0.29, 0.717) is 29.5 Å². The number of aromatic nitrogens is 2. The Morgan fingerprint density at radius 3 is 2.72 bits per heavy atom. The summed E-state index contributed by atoms with van der Waals surface area (Å²) in [4.78, 5) is 16.7. The first-order valence-electron chi connectivity index (χ1n) is 7.52. The molecule has 0 atom stereocenters. The molecule has 3 rings (SSSR count). The van der Waals surface area contributed by atoms with Crippen molar-refractivity contribution in [3.63, 3.8) is 0 Å². The Kier molecular flexibility index (Phi) is 4.39. The molecule has 0 fully saturated rings. The van der Waals surface area contributed by atoms with Crippen LogP contribution in [0.2, 0.25) is 0 Å². The van der Waals surface area contributed by atoms with Crippen molar-refractivity contribution >= 4 is 22.7 Å². The molecule has 0 aliphatic rings. The molecule has 2 heterocycles. The van der Waals surface area contributed by atoms with Crippen molar-refractivity contribution in [3.05, 3.63) is 35.0 Å². The van der Waals surface area contributed by atoms with Gasteiger partial charge >= 0.3 is 6.61 Å². The molecule has 0 bridgehead atoms. The predicted octanol–water partition coefficient (Wildman–Crippen LogP) is 3.85. The number of carbonyl (C=O) groups excluding carboxylic acids is 1. The van der Waals surface area contributed by atoms with Gasteiger partial charge in [0.2, 0.25) is 0 Å². The highest BCUT2D eigenvalue weighted by Gasteiger charge is 2.22. The number of aryl methyl sites for hydroxylation is 3. The molecule has 0 saturated carbocycles. The van der Waals surface area contributed by atoms with Gasteiger partial charge < -0.3 is 19.0 Å². The van der Waals surface area contributed by atoms with Crippen molar-refractivity contribution < 1.29 is 27.3 Å². The number of amides is 1. The van der Waals surface area contributed by atoms with E-state index >= 15 is 0 Å². The van der Waals surface area contributed by atoms with Crippen molar-refractivity contribution in [3.8, 4) is 5.75 Å². The van der Waals surface area contributed by atoms with E-state index < -0.39 is 12.5 Å². The highest BCUT2D eigenvalue weighted by atomic mass is 19.3. The van der Waals surface area contributed by atoms with Crippen LogP contribution in [-0.2, 0) is 6.42 Å². The summed E-state index contributed by atoms with van der Waals surface area (Å²) < 4.78 is 40.1. The molecule has 7 nitrogen and oxygen atoms in total. The van der Waals surface area contributed by atoms with E-state index in [1.54, 1.807) is 20.8 Å². The Morgan fingerprint density at radius 2 is 2.12 bits per heavy atom. The van der Waals surface area contributed by atoms with E-state index in [0.717, 1.165) is 0 Å². The SMILES string of the molecule is CCc1nc2c(OC(F)F)ccc(C(=O)Nc3c(C)noc3C)c2o1. The second-order valence-electron chi connectivity index (χ2n) is 5.28. The van der Waals surface area contributed by atoms with Gasteiger partial charge in [0.05, 0.1) is 5.56 Å². The first-order chi connectivity index (χ1) is 11.9. The fraction of sp³-hybridized carbons (Fsp3) is 0.312. The van der Waals surface area contributed by atoms with Gasteiger partial charge in [0.25, 0.3) is 5.91 Å². The van der Waals surface area contributed by atoms with Crippen LogP contribution >= 0.6 is 0 Å². The molecule has 0 saturated heterocycles. The number of fused-ring (bicyclic) bond motifs is 1. The minimum Gasteiger partial charge on any atom is -0.440 e. The number of ether oxygens (including phenoxy) is 1. The Labute approximate surface area is 140 Å². The third kappa shape index (κ3) is 3.17. The van der Waals surface area contributed by atoms with Gasteiger partial charge in [-0.05, 0) is 26.0 Å². The number of alkyl halides is 2. The van der Waals surface area contributed by atoms with E-state index in [9.17, 15) is 13.6 Å². The Hall–Kier alpha value is -2.97. The van der Waals surface area contributed by atoms with Crippen molar-refractivity contribution in [2.24, 2.45) is 0 Å². The summed E-state index contributed by atoms with van der Waals surface area (Å²) in [6, 6.07) is 2.61. The van der Waals surface area contributed by atoms with Gasteiger partial charge in [0.1, 0.15) is 11.4 Å². The van der Waals surface area contributed by atoms with Gasteiger partial charge in [0, 0.05) is 6.42 Å². The summed E-state index contributed by atoms with van der Waals surface area (Å²) in [7, 11) is 0. The van der Waals surface area contributed by atoms with Crippen LogP contribution in [0.1, 0.15) is 34.6 Å². The van der Waals surface area contributed by atoms with Crippen molar-refractivity contribution in [2.75, 3.05) is 5.32 Å². The number of nitrogens with zero attached hydrogens (tertiary/aromatic N) is 2. The molecule has 3 aromatic rings. The van der Waals surface area contributed by atoms with Crippen LogP contribution < -0.4 is 10.1 Å². The highest BCUT2D eigenvalue weighted by molar-refractivity contribution is 6.12. The fourth-order valence-corrected chi connectivity index (χ4v) is 2.39. The lowest BCUT2D eigenvalue weighted by molar-refractivity contribution is -0.0489. The Balaban J connectivity index is 2.04. The van der Waals surface area contributed by atoms with E-state index in [2.05, 4.69) is 20.2 Å². The average molecular weight is 351 g/mol. The Bertz CT molecular complexity index is 913. The monoisotopic (exact) mass is 351 g/mol. The fourth-order valence-electron chi connectivity index (χ4n) is 2.39. The lowest BCUT2D eigenvalue weighted by Gasteiger charge is -2.08. The molecule has 1 aromatic carbocycles. The largest absolute Gasteiger partial charge is 0.440 e. The molecule has 0 aliphatic carbocycles. The van der Waals surface area contributed by atoms with E-state index in [1.807, 2.05) is 0 Å². The predicted molar refractivity (Wildman–Crippen MR) is 83.9 cm³/mol. The van der Waals surface area contributed by atoms with Gasteiger partial charge in [-0.2, -0.15) is 8.78 Å². The zero-order chi connectivity index (χ0) is 18.1. The summed E-state index contributed by atoms with van der Waals surface area (Å²) in [5, 5.41) is 6.44. The summed E-state index contributed by atoms with van der Waals surface area (Å²) in [6.45, 7) is 2.13. The first kappa shape index (κ1) is 16.9. The lowest BCUT2D eigenvalue weighted by Crippen LogP contribution is -2.13. The summed E-state index contributed by atoms with van der Waals surface area (Å²) in [6.07, 6.45) is 0.438. The number of hydrogen-bond acceptors (Lipinski definition) is 6. The van der Waals surface area contributed by atoms with Crippen LogP contribution in [0, 0.1) is 13.8 Å². The van der Waals surface area contributed by atoms with Crippen LogP contribution in [0.25, 0.3) is 11.1 Å². The average Bonchev–Trinajstić information content (AvgIpc) is 3.13. The molecular formula is C16H15F2N3O4. The number of halogens is 2. The number of oxazole rings is 1. The van der Waals surface area contributed by atoms with Crippen LogP contribution in [0.3, 0.4) is 0 Å². The summed E-state index contributed by atoms with van der Waals surface area (Å²) in [5.74, 6) is 0.113. The van der Waals surface area contributed by atoms with Gasteiger partial charge in [-0.25, -0.2) is 4.98 Å². The quantitative estimate of drug-likeness (QED) is 0.751.